The quantitative estimate of drug-likeness (QED) is 0.595. The molecule has 4 nitrogen and oxygen atoms in total. The minimum Gasteiger partial charge on any atom is -0.379 e. The van der Waals surface area contributed by atoms with Gasteiger partial charge in [-0.25, -0.2) is 0 Å². The lowest BCUT2D eigenvalue weighted by Gasteiger charge is -2.28. The lowest BCUT2D eigenvalue weighted by atomic mass is 10.1. The van der Waals surface area contributed by atoms with Crippen molar-refractivity contribution in [1.29, 1.82) is 0 Å². The molecule has 0 aromatic heterocycles. The van der Waals surface area contributed by atoms with E-state index < -0.39 is 0 Å². The zero-order valence-electron chi connectivity index (χ0n) is 9.78. The third-order valence-electron chi connectivity index (χ3n) is 2.26. The van der Waals surface area contributed by atoms with E-state index in [2.05, 4.69) is 0 Å². The highest BCUT2D eigenvalue weighted by Crippen LogP contribution is 2.10. The molecule has 0 aromatic rings. The van der Waals surface area contributed by atoms with Gasteiger partial charge in [0, 0.05) is 27.9 Å². The Hall–Kier alpha value is -0.160. The largest absolute Gasteiger partial charge is 0.379 e. The maximum absolute atomic E-state index is 5.32. The van der Waals surface area contributed by atoms with Crippen molar-refractivity contribution in [3.05, 3.63) is 0 Å². The molecule has 0 amide bonds. The summed E-state index contributed by atoms with van der Waals surface area (Å²) in [6, 6.07) is 0. The first kappa shape index (κ1) is 13.8. The molecule has 0 bridgehead atoms. The van der Waals surface area contributed by atoms with Crippen LogP contribution in [0.4, 0.5) is 0 Å². The summed E-state index contributed by atoms with van der Waals surface area (Å²) in [5, 5.41) is 0. The van der Waals surface area contributed by atoms with Crippen molar-refractivity contribution in [2.45, 2.75) is 32.2 Å². The van der Waals surface area contributed by atoms with Crippen LogP contribution in [-0.2, 0) is 18.9 Å². The molecule has 0 aliphatic heterocycles. The fourth-order valence-electron chi connectivity index (χ4n) is 1.31. The van der Waals surface area contributed by atoms with Gasteiger partial charge >= 0.3 is 0 Å². The lowest BCUT2D eigenvalue weighted by molar-refractivity contribution is -0.122. The van der Waals surface area contributed by atoms with Crippen molar-refractivity contribution in [2.24, 2.45) is 0 Å². The third-order valence-corrected chi connectivity index (χ3v) is 2.26. The SMILES string of the molecule is CCOCC(OC)C(OC)C(C)OC. The number of ether oxygens (including phenoxy) is 4. The van der Waals surface area contributed by atoms with Crippen molar-refractivity contribution in [3.63, 3.8) is 0 Å². The zero-order chi connectivity index (χ0) is 11.0. The normalized spacial score (nSPS) is 17.8. The van der Waals surface area contributed by atoms with E-state index in [1.54, 1.807) is 21.3 Å². The molecule has 14 heavy (non-hydrogen) atoms. The summed E-state index contributed by atoms with van der Waals surface area (Å²) in [6.45, 7) is 5.11. The number of rotatable bonds is 8. The summed E-state index contributed by atoms with van der Waals surface area (Å²) in [5.74, 6) is 0. The van der Waals surface area contributed by atoms with Gasteiger partial charge in [0.05, 0.1) is 12.7 Å². The van der Waals surface area contributed by atoms with Crippen LogP contribution in [0.5, 0.6) is 0 Å². The molecule has 0 N–H and O–H groups in total. The van der Waals surface area contributed by atoms with Gasteiger partial charge in [0.15, 0.2) is 0 Å². The minimum absolute atomic E-state index is 0.00888. The Morgan fingerprint density at radius 1 is 1.00 bits per heavy atom. The number of methoxy groups -OCH3 is 3. The van der Waals surface area contributed by atoms with E-state index in [1.807, 2.05) is 13.8 Å². The molecule has 0 heterocycles. The first-order chi connectivity index (χ1) is 6.71. The Balaban J connectivity index is 4.13. The second kappa shape index (κ2) is 8.17. The molecule has 3 unspecified atom stereocenters. The molecular weight excluding hydrogens is 184 g/mol. The lowest BCUT2D eigenvalue weighted by Crippen LogP contribution is -2.42. The molecule has 3 atom stereocenters. The van der Waals surface area contributed by atoms with Crippen molar-refractivity contribution < 1.29 is 18.9 Å². The van der Waals surface area contributed by atoms with Crippen molar-refractivity contribution in [2.75, 3.05) is 34.5 Å². The Bertz CT molecular complexity index is 129. The second-order valence-corrected chi connectivity index (χ2v) is 3.07. The fourth-order valence-corrected chi connectivity index (χ4v) is 1.31. The highest BCUT2D eigenvalue weighted by molar-refractivity contribution is 4.75. The average molecular weight is 206 g/mol. The zero-order valence-corrected chi connectivity index (χ0v) is 9.78. The van der Waals surface area contributed by atoms with Gasteiger partial charge < -0.3 is 18.9 Å². The first-order valence-electron chi connectivity index (χ1n) is 4.87. The summed E-state index contributed by atoms with van der Waals surface area (Å²) < 4.78 is 21.1. The van der Waals surface area contributed by atoms with E-state index in [-0.39, 0.29) is 18.3 Å². The van der Waals surface area contributed by atoms with Crippen LogP contribution in [0, 0.1) is 0 Å². The van der Waals surface area contributed by atoms with Crippen molar-refractivity contribution >= 4 is 0 Å². The molecule has 0 rings (SSSR count). The molecule has 0 saturated carbocycles. The van der Waals surface area contributed by atoms with Crippen LogP contribution in [0.25, 0.3) is 0 Å². The Morgan fingerprint density at radius 3 is 2.00 bits per heavy atom. The van der Waals surface area contributed by atoms with Crippen LogP contribution in [0.3, 0.4) is 0 Å². The molecule has 0 saturated heterocycles. The van der Waals surface area contributed by atoms with Crippen LogP contribution in [0.1, 0.15) is 13.8 Å². The summed E-state index contributed by atoms with van der Waals surface area (Å²) in [7, 11) is 4.96. The van der Waals surface area contributed by atoms with Gasteiger partial charge in [-0.1, -0.05) is 0 Å². The molecule has 86 valence electrons. The molecule has 0 aromatic carbocycles. The van der Waals surface area contributed by atoms with Crippen LogP contribution < -0.4 is 0 Å². The van der Waals surface area contributed by atoms with Gasteiger partial charge in [0.2, 0.25) is 0 Å². The van der Waals surface area contributed by atoms with Crippen LogP contribution in [0.15, 0.2) is 0 Å². The van der Waals surface area contributed by atoms with Gasteiger partial charge in [-0.3, -0.25) is 0 Å². The van der Waals surface area contributed by atoms with Gasteiger partial charge in [-0.15, -0.1) is 0 Å². The molecule has 0 radical (unpaired) electrons. The van der Waals surface area contributed by atoms with Crippen molar-refractivity contribution in [3.8, 4) is 0 Å². The molecule has 0 aliphatic rings. The van der Waals surface area contributed by atoms with Gasteiger partial charge in [0.1, 0.15) is 12.2 Å². The standard InChI is InChI=1S/C10H22O4/c1-6-14-7-9(12-4)10(13-5)8(2)11-3/h8-10H,6-7H2,1-5H3. The van der Waals surface area contributed by atoms with E-state index in [4.69, 9.17) is 18.9 Å². The Morgan fingerprint density at radius 2 is 1.64 bits per heavy atom. The van der Waals surface area contributed by atoms with Gasteiger partial charge in [0.25, 0.3) is 0 Å². The van der Waals surface area contributed by atoms with E-state index in [1.165, 1.54) is 0 Å². The van der Waals surface area contributed by atoms with E-state index in [0.717, 1.165) is 0 Å². The predicted molar refractivity (Wildman–Crippen MR) is 54.6 cm³/mol. The van der Waals surface area contributed by atoms with Crippen LogP contribution in [-0.4, -0.2) is 52.9 Å². The highest BCUT2D eigenvalue weighted by Gasteiger charge is 2.26. The Kier molecular flexibility index (Phi) is 8.08. The smallest absolute Gasteiger partial charge is 0.111 e. The third kappa shape index (κ3) is 4.37. The number of hydrogen-bond acceptors (Lipinski definition) is 4. The molecule has 0 fully saturated rings. The first-order valence-corrected chi connectivity index (χ1v) is 4.87. The van der Waals surface area contributed by atoms with Crippen LogP contribution >= 0.6 is 0 Å². The van der Waals surface area contributed by atoms with E-state index >= 15 is 0 Å². The summed E-state index contributed by atoms with van der Waals surface area (Å²) in [6.07, 6.45) is -0.197. The molecule has 4 heteroatoms. The second-order valence-electron chi connectivity index (χ2n) is 3.07. The molecular formula is C10H22O4. The Labute approximate surface area is 86.5 Å². The molecule has 0 spiro atoms. The van der Waals surface area contributed by atoms with E-state index in [0.29, 0.717) is 13.2 Å². The van der Waals surface area contributed by atoms with Crippen molar-refractivity contribution in [1.82, 2.24) is 0 Å². The molecule has 0 aliphatic carbocycles. The van der Waals surface area contributed by atoms with Gasteiger partial charge in [-0.2, -0.15) is 0 Å². The summed E-state index contributed by atoms with van der Waals surface area (Å²) in [4.78, 5) is 0. The fraction of sp³-hybridized carbons (Fsp3) is 1.00. The summed E-state index contributed by atoms with van der Waals surface area (Å²) >= 11 is 0. The number of hydrogen-bond donors (Lipinski definition) is 0. The van der Waals surface area contributed by atoms with E-state index in [9.17, 15) is 0 Å². The van der Waals surface area contributed by atoms with Gasteiger partial charge in [-0.05, 0) is 13.8 Å². The monoisotopic (exact) mass is 206 g/mol. The highest BCUT2D eigenvalue weighted by atomic mass is 16.6. The maximum Gasteiger partial charge on any atom is 0.111 e. The van der Waals surface area contributed by atoms with Crippen LogP contribution in [0.2, 0.25) is 0 Å². The summed E-state index contributed by atoms with van der Waals surface area (Å²) in [5.41, 5.74) is 0. The topological polar surface area (TPSA) is 36.9 Å². The average Bonchev–Trinajstić information content (AvgIpc) is 2.23. The minimum atomic E-state index is -0.100. The maximum atomic E-state index is 5.32. The predicted octanol–water partition coefficient (Wildman–Crippen LogP) is 1.09.